The van der Waals surface area contributed by atoms with Crippen LogP contribution in [0.4, 0.5) is 0 Å². The molecule has 2 unspecified atom stereocenters. The van der Waals surface area contributed by atoms with Gasteiger partial charge in [0.1, 0.15) is 5.78 Å². The molecule has 1 aliphatic carbocycles. The quantitative estimate of drug-likeness (QED) is 0.680. The molecule has 0 aliphatic heterocycles. The predicted molar refractivity (Wildman–Crippen MR) is 49.6 cm³/mol. The van der Waals surface area contributed by atoms with Gasteiger partial charge in [0.2, 0.25) is 0 Å². The zero-order valence-electron chi connectivity index (χ0n) is 8.58. The number of rotatable bonds is 3. The highest BCUT2D eigenvalue weighted by molar-refractivity contribution is 5.91. The van der Waals surface area contributed by atoms with Crippen LogP contribution in [-0.2, 0) is 14.3 Å². The molecule has 0 radical (unpaired) electrons. The van der Waals surface area contributed by atoms with E-state index in [1.54, 1.807) is 6.92 Å². The lowest BCUT2D eigenvalue weighted by molar-refractivity contribution is -0.170. The van der Waals surface area contributed by atoms with Crippen LogP contribution < -0.4 is 0 Å². The lowest BCUT2D eigenvalue weighted by Crippen LogP contribution is -2.45. The summed E-state index contributed by atoms with van der Waals surface area (Å²) >= 11 is 0. The highest BCUT2D eigenvalue weighted by atomic mass is 16.5. The van der Waals surface area contributed by atoms with Crippen molar-refractivity contribution in [3.05, 3.63) is 0 Å². The first-order valence-electron chi connectivity index (χ1n) is 4.92. The van der Waals surface area contributed by atoms with Crippen molar-refractivity contribution in [1.82, 2.24) is 0 Å². The van der Waals surface area contributed by atoms with Gasteiger partial charge >= 0.3 is 5.97 Å². The fraction of sp³-hybridized carbons (Fsp3) is 0.800. The van der Waals surface area contributed by atoms with Gasteiger partial charge in [-0.2, -0.15) is 0 Å². The van der Waals surface area contributed by atoms with Gasteiger partial charge in [0, 0.05) is 6.42 Å². The number of ether oxygens (including phenoxy) is 1. The van der Waals surface area contributed by atoms with Crippen molar-refractivity contribution in [1.29, 1.82) is 0 Å². The van der Waals surface area contributed by atoms with Crippen LogP contribution in [0.3, 0.4) is 0 Å². The monoisotopic (exact) mass is 200 g/mol. The Labute approximate surface area is 83.2 Å². The van der Waals surface area contributed by atoms with Crippen molar-refractivity contribution in [2.45, 2.75) is 38.7 Å². The highest BCUT2D eigenvalue weighted by Crippen LogP contribution is 2.31. The summed E-state index contributed by atoms with van der Waals surface area (Å²) in [6.07, 6.45) is 1.78. The summed E-state index contributed by atoms with van der Waals surface area (Å²) in [6, 6.07) is 0. The van der Waals surface area contributed by atoms with Gasteiger partial charge in [-0.25, -0.2) is 4.79 Å². The minimum atomic E-state index is -1.65. The molecule has 0 bridgehead atoms. The number of hydrogen-bond donors (Lipinski definition) is 1. The van der Waals surface area contributed by atoms with Crippen LogP contribution in [0.15, 0.2) is 0 Å². The lowest BCUT2D eigenvalue weighted by atomic mass is 9.87. The third kappa shape index (κ3) is 1.95. The summed E-state index contributed by atoms with van der Waals surface area (Å²) in [5.41, 5.74) is -1.65. The largest absolute Gasteiger partial charge is 0.464 e. The van der Waals surface area contributed by atoms with E-state index in [1.165, 1.54) is 6.92 Å². The van der Waals surface area contributed by atoms with Gasteiger partial charge in [-0.3, -0.25) is 4.79 Å². The second kappa shape index (κ2) is 4.09. The zero-order valence-corrected chi connectivity index (χ0v) is 8.58. The number of carbonyl (C=O) groups is 2. The van der Waals surface area contributed by atoms with E-state index in [0.717, 1.165) is 6.42 Å². The van der Waals surface area contributed by atoms with Crippen molar-refractivity contribution in [3.63, 3.8) is 0 Å². The van der Waals surface area contributed by atoms with Gasteiger partial charge in [-0.1, -0.05) is 0 Å². The number of ketones is 1. The molecule has 0 aromatic heterocycles. The minimum absolute atomic E-state index is 0.0388. The van der Waals surface area contributed by atoms with Crippen LogP contribution >= 0.6 is 0 Å². The third-order valence-corrected chi connectivity index (χ3v) is 2.67. The van der Waals surface area contributed by atoms with E-state index < -0.39 is 17.5 Å². The SMILES string of the molecule is CCOC(=O)C(C)(O)C1CCCC1=O. The average Bonchev–Trinajstić information content (AvgIpc) is 2.52. The molecule has 1 aliphatic rings. The van der Waals surface area contributed by atoms with E-state index >= 15 is 0 Å². The Bertz CT molecular complexity index is 245. The van der Waals surface area contributed by atoms with Gasteiger partial charge in [0.05, 0.1) is 12.5 Å². The molecule has 0 heterocycles. The molecule has 80 valence electrons. The number of Topliss-reactive ketones (excluding diaryl/α,β-unsaturated/α-hetero) is 1. The van der Waals surface area contributed by atoms with Gasteiger partial charge in [0.25, 0.3) is 0 Å². The maximum Gasteiger partial charge on any atom is 0.338 e. The van der Waals surface area contributed by atoms with Crippen molar-refractivity contribution in [3.8, 4) is 0 Å². The number of hydrogen-bond acceptors (Lipinski definition) is 4. The van der Waals surface area contributed by atoms with Crippen LogP contribution in [0.5, 0.6) is 0 Å². The van der Waals surface area contributed by atoms with Crippen LogP contribution in [-0.4, -0.2) is 29.1 Å². The maximum absolute atomic E-state index is 11.4. The Kier molecular flexibility index (Phi) is 3.26. The molecular formula is C10H16O4. The molecule has 0 aromatic rings. The molecule has 0 amide bonds. The second-order valence-corrected chi connectivity index (χ2v) is 3.78. The van der Waals surface area contributed by atoms with Crippen molar-refractivity contribution in [2.24, 2.45) is 5.92 Å². The number of esters is 1. The summed E-state index contributed by atoms with van der Waals surface area (Å²) in [4.78, 5) is 22.7. The fourth-order valence-corrected chi connectivity index (χ4v) is 1.83. The molecular weight excluding hydrogens is 184 g/mol. The fourth-order valence-electron chi connectivity index (χ4n) is 1.83. The first-order valence-corrected chi connectivity index (χ1v) is 4.92. The topological polar surface area (TPSA) is 63.6 Å². The van der Waals surface area contributed by atoms with E-state index in [9.17, 15) is 14.7 Å². The Morgan fingerprint density at radius 3 is 2.79 bits per heavy atom. The Morgan fingerprint density at radius 2 is 2.36 bits per heavy atom. The molecule has 1 N–H and O–H groups in total. The minimum Gasteiger partial charge on any atom is -0.464 e. The number of carbonyl (C=O) groups excluding carboxylic acids is 2. The van der Waals surface area contributed by atoms with Crippen molar-refractivity contribution < 1.29 is 19.4 Å². The van der Waals surface area contributed by atoms with Gasteiger partial charge in [0.15, 0.2) is 5.60 Å². The standard InChI is InChI=1S/C10H16O4/c1-3-14-9(12)10(2,13)7-5-4-6-8(7)11/h7,13H,3-6H2,1-2H3. The molecule has 4 heteroatoms. The smallest absolute Gasteiger partial charge is 0.338 e. The second-order valence-electron chi connectivity index (χ2n) is 3.78. The summed E-state index contributed by atoms with van der Waals surface area (Å²) in [5.74, 6) is -1.31. The van der Waals surface area contributed by atoms with E-state index in [0.29, 0.717) is 12.8 Å². The van der Waals surface area contributed by atoms with E-state index in [-0.39, 0.29) is 12.4 Å². The van der Waals surface area contributed by atoms with Crippen molar-refractivity contribution >= 4 is 11.8 Å². The summed E-state index contributed by atoms with van der Waals surface area (Å²) in [7, 11) is 0. The summed E-state index contributed by atoms with van der Waals surface area (Å²) in [6.45, 7) is 3.25. The molecule has 14 heavy (non-hydrogen) atoms. The van der Waals surface area contributed by atoms with E-state index in [2.05, 4.69) is 0 Å². The molecule has 0 aromatic carbocycles. The van der Waals surface area contributed by atoms with E-state index in [1.807, 2.05) is 0 Å². The Hall–Kier alpha value is -0.900. The molecule has 0 spiro atoms. The molecule has 4 nitrogen and oxygen atoms in total. The molecule has 2 atom stereocenters. The Morgan fingerprint density at radius 1 is 1.71 bits per heavy atom. The Balaban J connectivity index is 2.72. The zero-order chi connectivity index (χ0) is 10.8. The first-order chi connectivity index (χ1) is 6.50. The maximum atomic E-state index is 11.4. The first kappa shape index (κ1) is 11.2. The van der Waals surface area contributed by atoms with Gasteiger partial charge in [-0.15, -0.1) is 0 Å². The molecule has 1 saturated carbocycles. The summed E-state index contributed by atoms with van der Waals surface area (Å²) in [5, 5.41) is 9.89. The van der Waals surface area contributed by atoms with E-state index in [4.69, 9.17) is 4.74 Å². The van der Waals surface area contributed by atoms with Crippen LogP contribution in [0.25, 0.3) is 0 Å². The molecule has 1 fully saturated rings. The third-order valence-electron chi connectivity index (χ3n) is 2.67. The highest BCUT2D eigenvalue weighted by Gasteiger charge is 2.46. The van der Waals surface area contributed by atoms with Crippen LogP contribution in [0.2, 0.25) is 0 Å². The van der Waals surface area contributed by atoms with Crippen LogP contribution in [0, 0.1) is 5.92 Å². The van der Waals surface area contributed by atoms with Crippen molar-refractivity contribution in [2.75, 3.05) is 6.61 Å². The predicted octanol–water partition coefficient (Wildman–Crippen LogP) is 0.670. The number of aliphatic hydroxyl groups is 1. The normalized spacial score (nSPS) is 25.9. The summed E-state index contributed by atoms with van der Waals surface area (Å²) < 4.78 is 4.73. The molecule has 1 rings (SSSR count). The molecule has 0 saturated heterocycles. The average molecular weight is 200 g/mol. The van der Waals surface area contributed by atoms with Crippen LogP contribution in [0.1, 0.15) is 33.1 Å². The lowest BCUT2D eigenvalue weighted by Gasteiger charge is -2.26. The van der Waals surface area contributed by atoms with Gasteiger partial charge in [-0.05, 0) is 26.7 Å². The van der Waals surface area contributed by atoms with Gasteiger partial charge < -0.3 is 9.84 Å².